The Balaban J connectivity index is 1.22. The van der Waals surface area contributed by atoms with E-state index in [2.05, 4.69) is 14.9 Å². The molecule has 1 amide bonds. The number of carbonyl (C=O) groups excluding carboxylic acids is 1. The van der Waals surface area contributed by atoms with Gasteiger partial charge >= 0.3 is 6.18 Å². The highest BCUT2D eigenvalue weighted by Crippen LogP contribution is 2.34. The molecule has 1 N–H and O–H groups in total. The molecule has 2 aliphatic rings. The topological polar surface area (TPSA) is 69.3 Å². The largest absolute Gasteiger partial charge is 0.416 e. The van der Waals surface area contributed by atoms with Crippen LogP contribution in [0.25, 0.3) is 10.2 Å². The maximum atomic E-state index is 12.7. The van der Waals surface area contributed by atoms with E-state index in [0.29, 0.717) is 38.5 Å². The van der Waals surface area contributed by atoms with Crippen LogP contribution in [0.1, 0.15) is 38.6 Å². The van der Waals surface area contributed by atoms with Gasteiger partial charge in [0, 0.05) is 36.6 Å². The van der Waals surface area contributed by atoms with E-state index in [9.17, 15) is 22.8 Å². The highest BCUT2D eigenvalue weighted by molar-refractivity contribution is 7.18. The van der Waals surface area contributed by atoms with Crippen molar-refractivity contribution in [3.8, 4) is 0 Å². The molecule has 3 aromatic rings. The molecule has 0 saturated carbocycles. The zero-order valence-electron chi connectivity index (χ0n) is 17.2. The Labute approximate surface area is 185 Å². The molecule has 10 heteroatoms. The van der Waals surface area contributed by atoms with E-state index >= 15 is 0 Å². The van der Waals surface area contributed by atoms with E-state index in [0.717, 1.165) is 47.2 Å². The van der Waals surface area contributed by atoms with Gasteiger partial charge in [-0.25, -0.2) is 4.98 Å². The van der Waals surface area contributed by atoms with Gasteiger partial charge in [0.15, 0.2) is 0 Å². The number of alkyl halides is 3. The summed E-state index contributed by atoms with van der Waals surface area (Å²) in [6.07, 6.45) is -1.38. The first-order valence-electron chi connectivity index (χ1n) is 10.5. The summed E-state index contributed by atoms with van der Waals surface area (Å²) in [6.45, 7) is 2.58. The summed E-state index contributed by atoms with van der Waals surface area (Å²) >= 11 is 1.61. The van der Waals surface area contributed by atoms with Gasteiger partial charge in [-0.1, -0.05) is 0 Å². The summed E-state index contributed by atoms with van der Waals surface area (Å²) < 4.78 is 38.2. The van der Waals surface area contributed by atoms with Crippen molar-refractivity contribution in [3.63, 3.8) is 0 Å². The highest BCUT2D eigenvalue weighted by Gasteiger charge is 2.31. The van der Waals surface area contributed by atoms with Gasteiger partial charge in [0.25, 0.3) is 11.5 Å². The van der Waals surface area contributed by atoms with Crippen molar-refractivity contribution in [2.75, 3.05) is 26.2 Å². The maximum absolute atomic E-state index is 12.7. The van der Waals surface area contributed by atoms with E-state index in [-0.39, 0.29) is 17.0 Å². The predicted molar refractivity (Wildman–Crippen MR) is 115 cm³/mol. The fourth-order valence-corrected chi connectivity index (χ4v) is 5.71. The Morgan fingerprint density at radius 2 is 1.81 bits per heavy atom. The number of nitrogens with one attached hydrogen (secondary N) is 1. The second kappa shape index (κ2) is 8.00. The fourth-order valence-electron chi connectivity index (χ4n) is 4.43. The van der Waals surface area contributed by atoms with Crippen LogP contribution in [0.2, 0.25) is 0 Å². The van der Waals surface area contributed by atoms with Crippen molar-refractivity contribution < 1.29 is 18.0 Å². The predicted octanol–water partition coefficient (Wildman–Crippen LogP) is 3.45. The lowest BCUT2D eigenvalue weighted by Crippen LogP contribution is -2.48. The van der Waals surface area contributed by atoms with Crippen LogP contribution in [0.4, 0.5) is 13.2 Å². The summed E-state index contributed by atoms with van der Waals surface area (Å²) in [7, 11) is 0. The van der Waals surface area contributed by atoms with Gasteiger partial charge in [-0.05, 0) is 49.1 Å². The highest BCUT2D eigenvalue weighted by atomic mass is 32.1. The number of hydrogen-bond donors (Lipinski definition) is 1. The zero-order valence-corrected chi connectivity index (χ0v) is 18.0. The number of aromatic amines is 1. The number of nitrogens with zero attached hydrogens (tertiary/aromatic N) is 3. The molecule has 1 aliphatic heterocycles. The van der Waals surface area contributed by atoms with E-state index in [1.165, 1.54) is 17.0 Å². The number of fused-ring (bicyclic) bond motifs is 3. The molecule has 168 valence electrons. The van der Waals surface area contributed by atoms with Crippen molar-refractivity contribution in [1.82, 2.24) is 19.8 Å². The average molecular weight is 462 g/mol. The molecule has 0 bridgehead atoms. The molecule has 0 radical (unpaired) electrons. The van der Waals surface area contributed by atoms with Crippen molar-refractivity contribution >= 4 is 27.5 Å². The number of H-pyrrole nitrogens is 1. The number of amides is 1. The Hall–Kier alpha value is -2.72. The molecular formula is C22H21F3N4O2S. The Kier molecular flexibility index (Phi) is 5.29. The van der Waals surface area contributed by atoms with Crippen molar-refractivity contribution in [2.45, 2.75) is 32.0 Å². The van der Waals surface area contributed by atoms with Gasteiger partial charge in [-0.3, -0.25) is 14.5 Å². The number of hydrogen-bond acceptors (Lipinski definition) is 5. The van der Waals surface area contributed by atoms with Crippen LogP contribution in [0.3, 0.4) is 0 Å². The molecule has 1 aliphatic carbocycles. The first-order chi connectivity index (χ1) is 15.3. The number of halogens is 3. The maximum Gasteiger partial charge on any atom is 0.416 e. The molecule has 0 unspecified atom stereocenters. The normalized spacial score (nSPS) is 17.2. The third kappa shape index (κ3) is 3.93. The summed E-state index contributed by atoms with van der Waals surface area (Å²) in [4.78, 5) is 38.7. The Morgan fingerprint density at radius 3 is 2.50 bits per heavy atom. The SMILES string of the molecule is O=C(c1ccc(C(F)(F)F)cc1)N1CCN(Cc2nc3sc4c(c3c(=O)[nH]2)CCC4)CC1. The minimum atomic E-state index is -4.42. The number of aromatic nitrogens is 2. The van der Waals surface area contributed by atoms with Crippen LogP contribution in [0, 0.1) is 0 Å². The lowest BCUT2D eigenvalue weighted by molar-refractivity contribution is -0.137. The summed E-state index contributed by atoms with van der Waals surface area (Å²) in [6, 6.07) is 4.31. The quantitative estimate of drug-likeness (QED) is 0.648. The molecule has 1 aromatic carbocycles. The van der Waals surface area contributed by atoms with Crippen molar-refractivity contribution in [2.24, 2.45) is 0 Å². The van der Waals surface area contributed by atoms with Gasteiger partial charge < -0.3 is 9.88 Å². The minimum Gasteiger partial charge on any atom is -0.336 e. The van der Waals surface area contributed by atoms with Gasteiger partial charge in [0.05, 0.1) is 17.5 Å². The van der Waals surface area contributed by atoms with Crippen LogP contribution in [-0.2, 0) is 25.6 Å². The Bertz CT molecular complexity index is 1220. The van der Waals surface area contributed by atoms with Crippen LogP contribution >= 0.6 is 11.3 Å². The fraction of sp³-hybridized carbons (Fsp3) is 0.409. The number of carbonyl (C=O) groups is 1. The molecule has 3 heterocycles. The third-order valence-corrected chi connectivity index (χ3v) is 7.30. The number of piperazine rings is 1. The number of thiophene rings is 1. The van der Waals surface area contributed by atoms with Crippen molar-refractivity contribution in [1.29, 1.82) is 0 Å². The number of aryl methyl sites for hydroxylation is 2. The first kappa shape index (κ1) is 21.1. The average Bonchev–Trinajstić information content (AvgIpc) is 3.34. The second-order valence-corrected chi connectivity index (χ2v) is 9.28. The van der Waals surface area contributed by atoms with Gasteiger partial charge in [0.2, 0.25) is 0 Å². The molecular weight excluding hydrogens is 441 g/mol. The lowest BCUT2D eigenvalue weighted by Gasteiger charge is -2.34. The number of rotatable bonds is 3. The van der Waals surface area contributed by atoms with Crippen LogP contribution < -0.4 is 5.56 Å². The van der Waals surface area contributed by atoms with Gasteiger partial charge in [0.1, 0.15) is 10.7 Å². The van der Waals surface area contributed by atoms with E-state index in [1.54, 1.807) is 16.2 Å². The zero-order chi connectivity index (χ0) is 22.5. The van der Waals surface area contributed by atoms with E-state index < -0.39 is 11.7 Å². The van der Waals surface area contributed by atoms with Crippen LogP contribution in [0.15, 0.2) is 29.1 Å². The molecule has 0 atom stereocenters. The second-order valence-electron chi connectivity index (χ2n) is 8.19. The molecule has 6 nitrogen and oxygen atoms in total. The summed E-state index contributed by atoms with van der Waals surface area (Å²) in [5.41, 5.74) is 0.545. The van der Waals surface area contributed by atoms with Gasteiger partial charge in [-0.15, -0.1) is 11.3 Å². The lowest BCUT2D eigenvalue weighted by atomic mass is 10.1. The summed E-state index contributed by atoms with van der Waals surface area (Å²) in [5.74, 6) is 0.337. The first-order valence-corrected chi connectivity index (χ1v) is 11.3. The smallest absolute Gasteiger partial charge is 0.336 e. The van der Waals surface area contributed by atoms with Gasteiger partial charge in [-0.2, -0.15) is 13.2 Å². The number of benzene rings is 1. The molecule has 32 heavy (non-hydrogen) atoms. The van der Waals surface area contributed by atoms with Crippen LogP contribution in [-0.4, -0.2) is 51.9 Å². The molecule has 0 spiro atoms. The molecule has 1 saturated heterocycles. The Morgan fingerprint density at radius 1 is 1.09 bits per heavy atom. The van der Waals surface area contributed by atoms with Crippen molar-refractivity contribution in [3.05, 3.63) is 62.0 Å². The molecule has 2 aromatic heterocycles. The molecule has 1 fully saturated rings. The van der Waals surface area contributed by atoms with Crippen LogP contribution in [0.5, 0.6) is 0 Å². The standard InChI is InChI=1S/C22H21F3N4O2S/c23-22(24,25)14-6-4-13(5-7-14)21(31)29-10-8-28(9-11-29)12-17-26-19(30)18-15-2-1-3-16(15)32-20(18)27-17/h4-7H,1-3,8-12H2,(H,26,27,30). The summed E-state index contributed by atoms with van der Waals surface area (Å²) in [5, 5.41) is 0.734. The third-order valence-electron chi connectivity index (χ3n) is 6.12. The van der Waals surface area contributed by atoms with E-state index in [4.69, 9.17) is 0 Å². The minimum absolute atomic E-state index is 0.0829. The van der Waals surface area contributed by atoms with E-state index in [1.807, 2.05) is 0 Å². The monoisotopic (exact) mass is 462 g/mol. The molecule has 5 rings (SSSR count).